The van der Waals surface area contributed by atoms with E-state index in [4.69, 9.17) is 4.74 Å². The minimum atomic E-state index is 0.342. The maximum Gasteiger partial charge on any atom is 0.222 e. The lowest BCUT2D eigenvalue weighted by molar-refractivity contribution is -0.131. The molecule has 0 radical (unpaired) electrons. The van der Waals surface area contributed by atoms with Gasteiger partial charge in [-0.05, 0) is 82.6 Å². The second kappa shape index (κ2) is 10.2. The number of rotatable bonds is 6. The lowest BCUT2D eigenvalue weighted by atomic mass is 9.69. The molecule has 0 bridgehead atoms. The van der Waals surface area contributed by atoms with Gasteiger partial charge in [-0.25, -0.2) is 0 Å². The highest BCUT2D eigenvalue weighted by Gasteiger charge is 2.47. The number of amides is 1. The van der Waals surface area contributed by atoms with Gasteiger partial charge in [-0.2, -0.15) is 0 Å². The quantitative estimate of drug-likeness (QED) is 0.659. The molecule has 0 aliphatic carbocycles. The molecule has 4 saturated heterocycles. The molecular weight excluding hydrogens is 412 g/mol. The molecule has 182 valence electrons. The zero-order valence-corrected chi connectivity index (χ0v) is 20.6. The van der Waals surface area contributed by atoms with Crippen LogP contribution in [-0.2, 0) is 4.79 Å². The molecule has 0 aromatic heterocycles. The Labute approximate surface area is 199 Å². The van der Waals surface area contributed by atoms with E-state index < -0.39 is 0 Å². The Morgan fingerprint density at radius 3 is 2.58 bits per heavy atom. The normalized spacial score (nSPS) is 30.7. The van der Waals surface area contributed by atoms with Crippen molar-refractivity contribution in [2.75, 3.05) is 64.9 Å². The Bertz CT molecular complexity index is 807. The molecule has 0 N–H and O–H groups in total. The summed E-state index contributed by atoms with van der Waals surface area (Å²) in [6, 6.07) is 9.65. The molecule has 1 aromatic carbocycles. The molecule has 4 aliphatic heterocycles. The molecule has 4 atom stereocenters. The number of hydrogen-bond donors (Lipinski definition) is 0. The van der Waals surface area contributed by atoms with Crippen molar-refractivity contribution in [3.63, 3.8) is 0 Å². The van der Waals surface area contributed by atoms with Crippen LogP contribution in [0.3, 0.4) is 0 Å². The van der Waals surface area contributed by atoms with Crippen molar-refractivity contribution in [2.24, 2.45) is 11.8 Å². The molecule has 1 aromatic rings. The Morgan fingerprint density at radius 1 is 1.03 bits per heavy atom. The number of carbonyl (C=O) groups is 1. The lowest BCUT2D eigenvalue weighted by Crippen LogP contribution is -2.63. The first-order valence-electron chi connectivity index (χ1n) is 13.3. The van der Waals surface area contributed by atoms with Gasteiger partial charge in [0.15, 0.2) is 0 Å². The highest BCUT2D eigenvalue weighted by Crippen LogP contribution is 2.42. The van der Waals surface area contributed by atoms with Crippen LogP contribution in [0.2, 0.25) is 0 Å². The predicted octanol–water partition coefficient (Wildman–Crippen LogP) is 3.32. The van der Waals surface area contributed by atoms with Crippen LogP contribution in [0.15, 0.2) is 24.3 Å². The first kappa shape index (κ1) is 23.0. The van der Waals surface area contributed by atoms with E-state index in [1.807, 2.05) is 12.1 Å². The third-order valence-corrected chi connectivity index (χ3v) is 8.88. The van der Waals surface area contributed by atoms with E-state index in [0.29, 0.717) is 18.4 Å². The number of hydrogen-bond acceptors (Lipinski definition) is 5. The molecule has 1 amide bonds. The number of piperazine rings is 1. The molecule has 0 spiro atoms. The number of ether oxygens (including phenoxy) is 1. The Hall–Kier alpha value is -1.79. The van der Waals surface area contributed by atoms with E-state index in [9.17, 15) is 4.79 Å². The highest BCUT2D eigenvalue weighted by molar-refractivity contribution is 5.76. The average molecular weight is 455 g/mol. The second-order valence-corrected chi connectivity index (χ2v) is 10.7. The fourth-order valence-corrected chi connectivity index (χ4v) is 7.35. The van der Waals surface area contributed by atoms with Crippen molar-refractivity contribution in [3.8, 4) is 5.75 Å². The summed E-state index contributed by atoms with van der Waals surface area (Å²) in [7, 11) is 4.06. The first-order valence-corrected chi connectivity index (χ1v) is 13.3. The molecule has 4 aliphatic rings. The van der Waals surface area contributed by atoms with Crippen molar-refractivity contribution in [2.45, 2.75) is 57.0 Å². The van der Waals surface area contributed by atoms with Gasteiger partial charge in [0.05, 0.1) is 12.8 Å². The van der Waals surface area contributed by atoms with E-state index in [2.05, 4.69) is 38.8 Å². The smallest absolute Gasteiger partial charge is 0.222 e. The molecule has 6 nitrogen and oxygen atoms in total. The van der Waals surface area contributed by atoms with E-state index >= 15 is 0 Å². The molecule has 6 heteroatoms. The van der Waals surface area contributed by atoms with Gasteiger partial charge in [0.2, 0.25) is 5.91 Å². The zero-order valence-electron chi connectivity index (χ0n) is 20.6. The van der Waals surface area contributed by atoms with Gasteiger partial charge in [0.1, 0.15) is 5.75 Å². The molecule has 5 rings (SSSR count). The third kappa shape index (κ3) is 4.74. The number of carbonyl (C=O) groups excluding carboxylic acids is 1. The van der Waals surface area contributed by atoms with E-state index in [-0.39, 0.29) is 0 Å². The van der Waals surface area contributed by atoms with Crippen LogP contribution in [0, 0.1) is 11.8 Å². The van der Waals surface area contributed by atoms with Crippen molar-refractivity contribution in [1.82, 2.24) is 14.7 Å². The average Bonchev–Trinajstić information content (AvgIpc) is 2.86. The number of anilines is 1. The highest BCUT2D eigenvalue weighted by atomic mass is 16.5. The topological polar surface area (TPSA) is 39.3 Å². The van der Waals surface area contributed by atoms with Crippen LogP contribution >= 0.6 is 0 Å². The van der Waals surface area contributed by atoms with Crippen molar-refractivity contribution < 1.29 is 9.53 Å². The number of piperidine rings is 3. The summed E-state index contributed by atoms with van der Waals surface area (Å²) in [4.78, 5) is 22.9. The standard InChI is InChI=1S/C27H42N4O2/c1-28-20-21-8-6-14-31-15-7-9-22(27(21)31)23(28)11-5-13-26(32)30-18-16-29(17-19-30)24-10-3-4-12-25(24)33-2/h3-4,10,12,21-23,27H,5-9,11,13-20H2,1-2H3/t21-,22+,23+,27-/m0/s1. The van der Waals surface area contributed by atoms with Gasteiger partial charge in [-0.15, -0.1) is 0 Å². The molecule has 4 heterocycles. The summed E-state index contributed by atoms with van der Waals surface area (Å²) in [6.07, 6.45) is 8.42. The molecule has 0 saturated carbocycles. The minimum Gasteiger partial charge on any atom is -0.495 e. The molecule has 33 heavy (non-hydrogen) atoms. The number of nitrogens with zero attached hydrogens (tertiary/aromatic N) is 4. The lowest BCUT2D eigenvalue weighted by Gasteiger charge is -2.57. The summed E-state index contributed by atoms with van der Waals surface area (Å²) in [6.45, 7) is 7.24. The van der Waals surface area contributed by atoms with Crippen LogP contribution in [0.5, 0.6) is 5.75 Å². The SMILES string of the molecule is COc1ccccc1N1CCN(C(=O)CCC[C@@H]2[C@H]3CCCN4CCC[C@@H](CN2C)[C@@H]34)CC1. The van der Waals surface area contributed by atoms with E-state index in [0.717, 1.165) is 61.9 Å². The van der Waals surface area contributed by atoms with Gasteiger partial charge < -0.3 is 19.4 Å². The van der Waals surface area contributed by atoms with E-state index in [1.54, 1.807) is 7.11 Å². The fraction of sp³-hybridized carbons (Fsp3) is 0.741. The Kier molecular flexibility index (Phi) is 7.12. The number of methoxy groups -OCH3 is 1. The third-order valence-electron chi connectivity index (χ3n) is 8.88. The summed E-state index contributed by atoms with van der Waals surface area (Å²) in [5, 5.41) is 0. The largest absolute Gasteiger partial charge is 0.495 e. The Balaban J connectivity index is 1.11. The summed E-state index contributed by atoms with van der Waals surface area (Å²) < 4.78 is 5.52. The summed E-state index contributed by atoms with van der Waals surface area (Å²) >= 11 is 0. The van der Waals surface area contributed by atoms with Gasteiger partial charge >= 0.3 is 0 Å². The van der Waals surface area contributed by atoms with Crippen molar-refractivity contribution in [1.29, 1.82) is 0 Å². The Morgan fingerprint density at radius 2 is 1.79 bits per heavy atom. The second-order valence-electron chi connectivity index (χ2n) is 10.7. The monoisotopic (exact) mass is 454 g/mol. The zero-order chi connectivity index (χ0) is 22.8. The van der Waals surface area contributed by atoms with Crippen molar-refractivity contribution in [3.05, 3.63) is 24.3 Å². The fourth-order valence-electron chi connectivity index (χ4n) is 7.35. The van der Waals surface area contributed by atoms with Gasteiger partial charge in [0.25, 0.3) is 0 Å². The predicted molar refractivity (Wildman–Crippen MR) is 133 cm³/mol. The van der Waals surface area contributed by atoms with Gasteiger partial charge in [-0.3, -0.25) is 9.69 Å². The maximum absolute atomic E-state index is 13.0. The first-order chi connectivity index (χ1) is 16.2. The van der Waals surface area contributed by atoms with Crippen LogP contribution < -0.4 is 9.64 Å². The molecule has 0 unspecified atom stereocenters. The molecule has 4 fully saturated rings. The van der Waals surface area contributed by atoms with Crippen LogP contribution in [0.1, 0.15) is 44.9 Å². The minimum absolute atomic E-state index is 0.342. The van der Waals surface area contributed by atoms with Gasteiger partial charge in [0, 0.05) is 51.2 Å². The van der Waals surface area contributed by atoms with Crippen LogP contribution in [0.25, 0.3) is 0 Å². The summed E-state index contributed by atoms with van der Waals surface area (Å²) in [5.74, 6) is 2.93. The van der Waals surface area contributed by atoms with Crippen LogP contribution in [-0.4, -0.2) is 92.7 Å². The van der Waals surface area contributed by atoms with Crippen molar-refractivity contribution >= 4 is 11.6 Å². The number of likely N-dealkylation sites (tertiary alicyclic amines) is 1. The van der Waals surface area contributed by atoms with E-state index in [1.165, 1.54) is 51.7 Å². The number of benzene rings is 1. The summed E-state index contributed by atoms with van der Waals surface area (Å²) in [5.41, 5.74) is 1.13. The molecular formula is C27H42N4O2. The number of para-hydroxylation sites is 2. The van der Waals surface area contributed by atoms with Gasteiger partial charge in [-0.1, -0.05) is 12.1 Å². The maximum atomic E-state index is 13.0. The van der Waals surface area contributed by atoms with Crippen LogP contribution in [0.4, 0.5) is 5.69 Å².